The molecule has 1 aliphatic heterocycles. The molecule has 0 bridgehead atoms. The molecule has 2 aromatic rings. The lowest BCUT2D eigenvalue weighted by molar-refractivity contribution is 0.0696. The van der Waals surface area contributed by atoms with Crippen LogP contribution in [-0.2, 0) is 24.1 Å². The van der Waals surface area contributed by atoms with Gasteiger partial charge in [0.05, 0.1) is 18.8 Å². The monoisotopic (exact) mass is 428 g/mol. The Bertz CT molecular complexity index is 942. The van der Waals surface area contributed by atoms with E-state index < -0.39 is 5.97 Å². The summed E-state index contributed by atoms with van der Waals surface area (Å²) in [5, 5.41) is 10.1. The number of carboxylic acids is 1. The number of aryl methyl sites for hydroxylation is 1. The minimum Gasteiger partial charge on any atom is -0.478 e. The molecular weight excluding hydrogens is 396 g/mol. The molecule has 1 aromatic carbocycles. The molecule has 30 heavy (non-hydrogen) atoms. The number of thiophene rings is 1. The predicted molar refractivity (Wildman–Crippen MR) is 123 cm³/mol. The zero-order valence-corrected chi connectivity index (χ0v) is 19.3. The van der Waals surface area contributed by atoms with Crippen molar-refractivity contribution >= 4 is 23.0 Å². The van der Waals surface area contributed by atoms with Gasteiger partial charge in [-0.05, 0) is 67.6 Å². The van der Waals surface area contributed by atoms with E-state index in [1.165, 1.54) is 16.1 Å². The largest absolute Gasteiger partial charge is 0.478 e. The van der Waals surface area contributed by atoms with Crippen LogP contribution < -0.4 is 4.90 Å². The van der Waals surface area contributed by atoms with Crippen molar-refractivity contribution in [3.05, 3.63) is 39.8 Å². The first-order chi connectivity index (χ1) is 14.2. The number of hydrogen-bond donors (Lipinski definition) is 1. The Morgan fingerprint density at radius 3 is 2.67 bits per heavy atom. The molecule has 162 valence electrons. The van der Waals surface area contributed by atoms with Crippen LogP contribution in [0.1, 0.15) is 46.6 Å². The third kappa shape index (κ3) is 4.27. The number of fused-ring (bicyclic) bond motifs is 1. The number of benzene rings is 1. The molecule has 4 rings (SSSR count). The summed E-state index contributed by atoms with van der Waals surface area (Å²) in [6.45, 7) is 8.55. The van der Waals surface area contributed by atoms with Crippen molar-refractivity contribution in [2.24, 2.45) is 5.41 Å². The van der Waals surface area contributed by atoms with Crippen molar-refractivity contribution in [2.75, 3.05) is 45.3 Å². The van der Waals surface area contributed by atoms with E-state index in [9.17, 15) is 9.90 Å². The van der Waals surface area contributed by atoms with Crippen molar-refractivity contribution in [3.8, 4) is 10.4 Å². The third-order valence-corrected chi connectivity index (χ3v) is 7.51. The molecule has 0 unspecified atom stereocenters. The molecule has 0 spiro atoms. The molecule has 5 nitrogen and oxygen atoms in total. The molecule has 1 aromatic heterocycles. The second kappa shape index (κ2) is 8.33. The predicted octanol–water partition coefficient (Wildman–Crippen LogP) is 4.53. The van der Waals surface area contributed by atoms with Gasteiger partial charge in [-0.3, -0.25) is 0 Å². The van der Waals surface area contributed by atoms with E-state index in [1.807, 2.05) is 0 Å². The van der Waals surface area contributed by atoms with Crippen LogP contribution in [0.2, 0.25) is 0 Å². The molecule has 1 fully saturated rings. The molecule has 0 atom stereocenters. The summed E-state index contributed by atoms with van der Waals surface area (Å²) in [5.74, 6) is -0.798. The van der Waals surface area contributed by atoms with Gasteiger partial charge in [-0.15, -0.1) is 11.3 Å². The first-order valence-corrected chi connectivity index (χ1v) is 11.6. The second-order valence-corrected chi connectivity index (χ2v) is 10.6. The number of anilines is 1. The van der Waals surface area contributed by atoms with Gasteiger partial charge in [0.25, 0.3) is 0 Å². The number of carbonyl (C=O) groups is 1. The highest BCUT2D eigenvalue weighted by atomic mass is 32.1. The minimum atomic E-state index is -0.798. The van der Waals surface area contributed by atoms with Gasteiger partial charge < -0.3 is 19.6 Å². The van der Waals surface area contributed by atoms with Gasteiger partial charge >= 0.3 is 5.97 Å². The maximum Gasteiger partial charge on any atom is 0.337 e. The lowest BCUT2D eigenvalue weighted by atomic mass is 9.76. The minimum absolute atomic E-state index is 0.155. The highest BCUT2D eigenvalue weighted by Gasteiger charge is 2.33. The summed E-state index contributed by atoms with van der Waals surface area (Å²) in [6.07, 6.45) is 2.93. The molecule has 0 amide bonds. The molecule has 1 aliphatic carbocycles. The van der Waals surface area contributed by atoms with Crippen LogP contribution in [-0.4, -0.2) is 56.4 Å². The number of carboxylic acid groups (broad SMARTS) is 1. The molecule has 2 heterocycles. The first-order valence-electron chi connectivity index (χ1n) is 10.7. The van der Waals surface area contributed by atoms with Gasteiger partial charge in [-0.25, -0.2) is 4.79 Å². The fraction of sp³-hybridized carbons (Fsp3) is 0.542. The highest BCUT2D eigenvalue weighted by molar-refractivity contribution is 7.16. The van der Waals surface area contributed by atoms with E-state index in [1.54, 1.807) is 11.3 Å². The number of hydrogen-bond acceptors (Lipinski definition) is 5. The lowest BCUT2D eigenvalue weighted by Gasteiger charge is -2.30. The normalized spacial score (nSPS) is 18.5. The Labute approximate surface area is 183 Å². The SMILES string of the molecule is CN(C)Cc1cc(N2CCOCC2)ccc1-c1sc2c(c1C(=O)O)CC(C)(C)CC2. The van der Waals surface area contributed by atoms with E-state index in [0.29, 0.717) is 5.56 Å². The summed E-state index contributed by atoms with van der Waals surface area (Å²) in [7, 11) is 4.12. The summed E-state index contributed by atoms with van der Waals surface area (Å²) in [6, 6.07) is 6.53. The number of nitrogens with zero attached hydrogens (tertiary/aromatic N) is 2. The van der Waals surface area contributed by atoms with Crippen LogP contribution >= 0.6 is 11.3 Å². The maximum atomic E-state index is 12.4. The van der Waals surface area contributed by atoms with Crippen LogP contribution in [0, 0.1) is 5.41 Å². The van der Waals surface area contributed by atoms with Gasteiger partial charge in [-0.1, -0.05) is 19.9 Å². The zero-order valence-electron chi connectivity index (χ0n) is 18.5. The van der Waals surface area contributed by atoms with E-state index in [0.717, 1.165) is 68.1 Å². The van der Waals surface area contributed by atoms with Gasteiger partial charge in [-0.2, -0.15) is 0 Å². The van der Waals surface area contributed by atoms with Crippen molar-refractivity contribution in [2.45, 2.75) is 39.7 Å². The van der Waals surface area contributed by atoms with Crippen molar-refractivity contribution < 1.29 is 14.6 Å². The number of aromatic carboxylic acids is 1. The number of morpholine rings is 1. The Morgan fingerprint density at radius 1 is 1.27 bits per heavy atom. The molecule has 1 saturated heterocycles. The van der Waals surface area contributed by atoms with Crippen LogP contribution in [0.15, 0.2) is 18.2 Å². The van der Waals surface area contributed by atoms with E-state index in [4.69, 9.17) is 4.74 Å². The quantitative estimate of drug-likeness (QED) is 0.758. The Kier molecular flexibility index (Phi) is 5.93. The van der Waals surface area contributed by atoms with Crippen molar-refractivity contribution in [3.63, 3.8) is 0 Å². The third-order valence-electron chi connectivity index (χ3n) is 6.18. The second-order valence-electron chi connectivity index (χ2n) is 9.53. The van der Waals surface area contributed by atoms with E-state index in [-0.39, 0.29) is 5.41 Å². The molecule has 0 saturated carbocycles. The lowest BCUT2D eigenvalue weighted by Crippen LogP contribution is -2.36. The average Bonchev–Trinajstić information content (AvgIpc) is 3.05. The number of ether oxygens (including phenoxy) is 1. The summed E-state index contributed by atoms with van der Waals surface area (Å²) < 4.78 is 5.50. The number of rotatable bonds is 5. The smallest absolute Gasteiger partial charge is 0.337 e. The summed E-state index contributed by atoms with van der Waals surface area (Å²) in [5.41, 5.74) is 5.19. The van der Waals surface area contributed by atoms with Gasteiger partial charge in [0.2, 0.25) is 0 Å². The summed E-state index contributed by atoms with van der Waals surface area (Å²) in [4.78, 5) is 19.1. The van der Waals surface area contributed by atoms with Crippen molar-refractivity contribution in [1.29, 1.82) is 0 Å². The molecule has 0 radical (unpaired) electrons. The Balaban J connectivity index is 1.81. The van der Waals surface area contributed by atoms with Crippen LogP contribution in [0.4, 0.5) is 5.69 Å². The zero-order chi connectivity index (χ0) is 21.5. The maximum absolute atomic E-state index is 12.4. The topological polar surface area (TPSA) is 53.0 Å². The van der Waals surface area contributed by atoms with Crippen LogP contribution in [0.3, 0.4) is 0 Å². The van der Waals surface area contributed by atoms with E-state index in [2.05, 4.69) is 55.9 Å². The molecule has 1 N–H and O–H groups in total. The summed E-state index contributed by atoms with van der Waals surface area (Å²) >= 11 is 1.69. The fourth-order valence-corrected chi connectivity index (χ4v) is 6.00. The van der Waals surface area contributed by atoms with Gasteiger partial charge in [0, 0.05) is 35.1 Å². The highest BCUT2D eigenvalue weighted by Crippen LogP contribution is 2.46. The fourth-order valence-electron chi connectivity index (χ4n) is 4.63. The van der Waals surface area contributed by atoms with Gasteiger partial charge in [0.15, 0.2) is 0 Å². The molecular formula is C24H32N2O3S. The standard InChI is InChI=1S/C24H32N2O3S/c1-24(2)8-7-20-19(14-24)21(23(27)28)22(30-20)18-6-5-17(13-16(18)15-25(3)4)26-9-11-29-12-10-26/h5-6,13H,7-12,14-15H2,1-4H3,(H,27,28). The Hall–Kier alpha value is -1.89. The Morgan fingerprint density at radius 2 is 2.00 bits per heavy atom. The van der Waals surface area contributed by atoms with Crippen molar-refractivity contribution in [1.82, 2.24) is 4.90 Å². The average molecular weight is 429 g/mol. The molecule has 6 heteroatoms. The molecule has 2 aliphatic rings. The van der Waals surface area contributed by atoms with Gasteiger partial charge in [0.1, 0.15) is 0 Å². The first kappa shape index (κ1) is 21.3. The van der Waals surface area contributed by atoms with Crippen LogP contribution in [0.25, 0.3) is 10.4 Å². The van der Waals surface area contributed by atoms with E-state index >= 15 is 0 Å². The van der Waals surface area contributed by atoms with Crippen LogP contribution in [0.5, 0.6) is 0 Å².